The number of anilines is 1. The second-order valence-corrected chi connectivity index (χ2v) is 3.27. The summed E-state index contributed by atoms with van der Waals surface area (Å²) in [6.45, 7) is 0. The van der Waals surface area contributed by atoms with Crippen molar-refractivity contribution in [3.05, 3.63) is 29.9 Å². The molecule has 2 heterocycles. The van der Waals surface area contributed by atoms with Gasteiger partial charge in [-0.2, -0.15) is 0 Å². The van der Waals surface area contributed by atoms with E-state index in [-0.39, 0.29) is 0 Å². The van der Waals surface area contributed by atoms with Gasteiger partial charge in [-0.25, -0.2) is 9.97 Å². The molecule has 0 aliphatic heterocycles. The molecule has 0 bridgehead atoms. The minimum absolute atomic E-state index is 0.593. The zero-order chi connectivity index (χ0) is 8.39. The van der Waals surface area contributed by atoms with E-state index in [1.807, 2.05) is 17.5 Å². The van der Waals surface area contributed by atoms with E-state index in [2.05, 4.69) is 9.97 Å². The summed E-state index contributed by atoms with van der Waals surface area (Å²) in [6.07, 6.45) is 3.23. The summed E-state index contributed by atoms with van der Waals surface area (Å²) in [5.74, 6) is 0.735. The SMILES string of the molecule is Nc1cnc(-c2cccs2)nc1. The van der Waals surface area contributed by atoms with Gasteiger partial charge >= 0.3 is 0 Å². The lowest BCUT2D eigenvalue weighted by Gasteiger charge is -1.94. The van der Waals surface area contributed by atoms with Crippen LogP contribution in [-0.2, 0) is 0 Å². The molecule has 2 N–H and O–H groups in total. The van der Waals surface area contributed by atoms with Crippen molar-refractivity contribution < 1.29 is 0 Å². The standard InChI is InChI=1S/C8H7N3S/c9-6-4-10-8(11-5-6)7-2-1-3-12-7/h1-5H,9H2. The van der Waals surface area contributed by atoms with Crippen molar-refractivity contribution in [3.63, 3.8) is 0 Å². The Bertz CT molecular complexity index is 352. The van der Waals surface area contributed by atoms with Crippen LogP contribution in [0.15, 0.2) is 29.9 Å². The highest BCUT2D eigenvalue weighted by Gasteiger charge is 1.99. The van der Waals surface area contributed by atoms with Gasteiger partial charge in [0.2, 0.25) is 0 Å². The zero-order valence-electron chi connectivity index (χ0n) is 6.27. The Kier molecular flexibility index (Phi) is 1.75. The lowest BCUT2D eigenvalue weighted by atomic mass is 10.4. The van der Waals surface area contributed by atoms with Crippen molar-refractivity contribution >= 4 is 17.0 Å². The Morgan fingerprint density at radius 1 is 1.25 bits per heavy atom. The molecule has 0 saturated heterocycles. The van der Waals surface area contributed by atoms with E-state index < -0.39 is 0 Å². The van der Waals surface area contributed by atoms with Crippen LogP contribution in [0.4, 0.5) is 5.69 Å². The number of nitrogens with two attached hydrogens (primary N) is 1. The molecule has 0 aliphatic rings. The molecule has 12 heavy (non-hydrogen) atoms. The van der Waals surface area contributed by atoms with Crippen molar-refractivity contribution in [3.8, 4) is 10.7 Å². The normalized spacial score (nSPS) is 10.0. The van der Waals surface area contributed by atoms with Crippen molar-refractivity contribution in [1.82, 2.24) is 9.97 Å². The van der Waals surface area contributed by atoms with Crippen LogP contribution in [-0.4, -0.2) is 9.97 Å². The van der Waals surface area contributed by atoms with Gasteiger partial charge in [0.1, 0.15) is 0 Å². The second kappa shape index (κ2) is 2.91. The van der Waals surface area contributed by atoms with Crippen molar-refractivity contribution in [2.75, 3.05) is 5.73 Å². The number of hydrogen-bond acceptors (Lipinski definition) is 4. The first-order valence-corrected chi connectivity index (χ1v) is 4.35. The van der Waals surface area contributed by atoms with Crippen LogP contribution in [0.3, 0.4) is 0 Å². The molecule has 0 fully saturated rings. The summed E-state index contributed by atoms with van der Waals surface area (Å²) >= 11 is 1.62. The number of nitrogens with zero attached hydrogens (tertiary/aromatic N) is 2. The van der Waals surface area contributed by atoms with E-state index in [9.17, 15) is 0 Å². The highest BCUT2D eigenvalue weighted by molar-refractivity contribution is 7.13. The Morgan fingerprint density at radius 3 is 2.58 bits per heavy atom. The molecular formula is C8H7N3S. The molecule has 4 heteroatoms. The Hall–Kier alpha value is -1.42. The number of aromatic nitrogens is 2. The maximum atomic E-state index is 5.46. The topological polar surface area (TPSA) is 51.8 Å². The summed E-state index contributed by atoms with van der Waals surface area (Å²) < 4.78 is 0. The third-order valence-electron chi connectivity index (χ3n) is 1.41. The molecule has 0 saturated carbocycles. The Labute approximate surface area is 73.9 Å². The van der Waals surface area contributed by atoms with Gasteiger partial charge < -0.3 is 5.73 Å². The smallest absolute Gasteiger partial charge is 0.169 e. The van der Waals surface area contributed by atoms with E-state index in [0.717, 1.165) is 10.7 Å². The van der Waals surface area contributed by atoms with E-state index in [1.54, 1.807) is 23.7 Å². The summed E-state index contributed by atoms with van der Waals surface area (Å²) in [5, 5.41) is 2.00. The van der Waals surface area contributed by atoms with Gasteiger partial charge in [0.05, 0.1) is 23.0 Å². The van der Waals surface area contributed by atoms with Gasteiger partial charge in [0.25, 0.3) is 0 Å². The molecule has 3 nitrogen and oxygen atoms in total. The average molecular weight is 177 g/mol. The lowest BCUT2D eigenvalue weighted by molar-refractivity contribution is 1.19. The van der Waals surface area contributed by atoms with Crippen molar-refractivity contribution in [2.24, 2.45) is 0 Å². The molecule has 60 valence electrons. The first-order chi connectivity index (χ1) is 5.86. The Morgan fingerprint density at radius 2 is 2.00 bits per heavy atom. The number of thiophene rings is 1. The van der Waals surface area contributed by atoms with Crippen LogP contribution in [0, 0.1) is 0 Å². The molecule has 0 spiro atoms. The fraction of sp³-hybridized carbons (Fsp3) is 0. The third-order valence-corrected chi connectivity index (χ3v) is 2.28. The van der Waals surface area contributed by atoms with E-state index >= 15 is 0 Å². The maximum absolute atomic E-state index is 5.46. The Balaban J connectivity index is 2.43. The third kappa shape index (κ3) is 1.29. The molecule has 2 rings (SSSR count). The predicted molar refractivity (Wildman–Crippen MR) is 49.8 cm³/mol. The minimum Gasteiger partial charge on any atom is -0.396 e. The average Bonchev–Trinajstić information content (AvgIpc) is 2.58. The maximum Gasteiger partial charge on any atom is 0.169 e. The summed E-state index contributed by atoms with van der Waals surface area (Å²) in [5.41, 5.74) is 6.05. The number of rotatable bonds is 1. The quantitative estimate of drug-likeness (QED) is 0.722. The van der Waals surface area contributed by atoms with Gasteiger partial charge in [-0.3, -0.25) is 0 Å². The number of nitrogen functional groups attached to an aromatic ring is 1. The van der Waals surface area contributed by atoms with E-state index in [0.29, 0.717) is 5.69 Å². The van der Waals surface area contributed by atoms with E-state index in [4.69, 9.17) is 5.73 Å². The van der Waals surface area contributed by atoms with Crippen molar-refractivity contribution in [2.45, 2.75) is 0 Å². The monoisotopic (exact) mass is 177 g/mol. The number of hydrogen-bond donors (Lipinski definition) is 1. The van der Waals surface area contributed by atoms with Gasteiger partial charge in [0.15, 0.2) is 5.82 Å². The fourth-order valence-corrected chi connectivity index (χ4v) is 1.54. The molecule has 0 aromatic carbocycles. The molecule has 0 atom stereocenters. The molecule has 2 aromatic heterocycles. The molecule has 0 radical (unpaired) electrons. The molecule has 0 amide bonds. The summed E-state index contributed by atoms with van der Waals surface area (Å²) in [4.78, 5) is 9.25. The fourth-order valence-electron chi connectivity index (χ4n) is 0.871. The molecule has 0 aliphatic carbocycles. The molecule has 2 aromatic rings. The van der Waals surface area contributed by atoms with Crippen LogP contribution in [0.25, 0.3) is 10.7 Å². The van der Waals surface area contributed by atoms with Gasteiger partial charge in [-0.05, 0) is 11.4 Å². The molecular weight excluding hydrogens is 170 g/mol. The zero-order valence-corrected chi connectivity index (χ0v) is 7.08. The van der Waals surface area contributed by atoms with E-state index in [1.165, 1.54) is 0 Å². The predicted octanol–water partition coefficient (Wildman–Crippen LogP) is 1.79. The van der Waals surface area contributed by atoms with Crippen LogP contribution < -0.4 is 5.73 Å². The first kappa shape index (κ1) is 7.24. The highest BCUT2D eigenvalue weighted by atomic mass is 32.1. The van der Waals surface area contributed by atoms with Crippen LogP contribution in [0.1, 0.15) is 0 Å². The van der Waals surface area contributed by atoms with Gasteiger partial charge in [-0.1, -0.05) is 6.07 Å². The van der Waals surface area contributed by atoms with Crippen LogP contribution >= 0.6 is 11.3 Å². The van der Waals surface area contributed by atoms with Crippen molar-refractivity contribution in [1.29, 1.82) is 0 Å². The summed E-state index contributed by atoms with van der Waals surface area (Å²) in [7, 11) is 0. The van der Waals surface area contributed by atoms with Crippen LogP contribution in [0.2, 0.25) is 0 Å². The molecule has 0 unspecified atom stereocenters. The largest absolute Gasteiger partial charge is 0.396 e. The summed E-state index contributed by atoms with van der Waals surface area (Å²) in [6, 6.07) is 3.95. The highest BCUT2D eigenvalue weighted by Crippen LogP contribution is 2.20. The van der Waals surface area contributed by atoms with Gasteiger partial charge in [0, 0.05) is 0 Å². The second-order valence-electron chi connectivity index (χ2n) is 2.32. The van der Waals surface area contributed by atoms with Gasteiger partial charge in [-0.15, -0.1) is 11.3 Å². The first-order valence-electron chi connectivity index (χ1n) is 3.47. The minimum atomic E-state index is 0.593. The van der Waals surface area contributed by atoms with Crippen LogP contribution in [0.5, 0.6) is 0 Å². The lowest BCUT2D eigenvalue weighted by Crippen LogP contribution is -1.90.